The Balaban J connectivity index is 1.44. The van der Waals surface area contributed by atoms with Crippen LogP contribution in [0.5, 0.6) is 11.5 Å². The maximum Gasteiger partial charge on any atom is 0.236 e. The molecule has 4 rings (SSSR count). The van der Waals surface area contributed by atoms with E-state index < -0.39 is 0 Å². The number of anilines is 1. The molecule has 2 N–H and O–H groups in total. The first-order valence-corrected chi connectivity index (χ1v) is 15.2. The molecule has 0 atom stereocenters. The smallest absolute Gasteiger partial charge is 0.236 e. The first kappa shape index (κ1) is 29.4. The number of nitrogens with one attached hydrogen (secondary N) is 2. The Morgan fingerprint density at radius 2 is 1.68 bits per heavy atom. The molecule has 14 heteroatoms. The average Bonchev–Trinajstić information content (AvgIpc) is 3.58. The molecule has 0 aliphatic heterocycles. The zero-order valence-corrected chi connectivity index (χ0v) is 24.7. The van der Waals surface area contributed by atoms with Gasteiger partial charge in [0.2, 0.25) is 16.9 Å². The monoisotopic (exact) mass is 599 g/mol. The highest BCUT2D eigenvalue weighted by molar-refractivity contribution is 8.01. The van der Waals surface area contributed by atoms with Crippen LogP contribution in [0.25, 0.3) is 5.69 Å². The van der Waals surface area contributed by atoms with Crippen molar-refractivity contribution in [3.05, 3.63) is 59.9 Å². The molecule has 0 bridgehead atoms. The number of aromatic nitrogens is 5. The number of nitrogens with zero attached hydrogens (tertiary/aromatic N) is 5. The predicted octanol–water partition coefficient (Wildman–Crippen LogP) is 4.23. The third-order valence-corrected chi connectivity index (χ3v) is 8.11. The van der Waals surface area contributed by atoms with E-state index in [-0.39, 0.29) is 30.5 Å². The highest BCUT2D eigenvalue weighted by Crippen LogP contribution is 2.27. The normalized spacial score (nSPS) is 10.8. The van der Waals surface area contributed by atoms with E-state index in [2.05, 4.69) is 31.0 Å². The van der Waals surface area contributed by atoms with Gasteiger partial charge in [-0.15, -0.1) is 20.4 Å². The molecule has 4 aromatic rings. The van der Waals surface area contributed by atoms with Gasteiger partial charge < -0.3 is 14.8 Å². The lowest BCUT2D eigenvalue weighted by Crippen LogP contribution is -2.26. The van der Waals surface area contributed by atoms with Crippen molar-refractivity contribution in [1.82, 2.24) is 30.3 Å². The van der Waals surface area contributed by atoms with Gasteiger partial charge in [0.15, 0.2) is 15.3 Å². The number of methoxy groups -OCH3 is 1. The first-order valence-electron chi connectivity index (χ1n) is 12.4. The number of carbonyl (C=O) groups excluding carboxylic acids is 2. The highest BCUT2D eigenvalue weighted by atomic mass is 32.2. The minimum Gasteiger partial charge on any atom is -0.497 e. The molecule has 2 aromatic heterocycles. The summed E-state index contributed by atoms with van der Waals surface area (Å²) in [5.41, 5.74) is 1.64. The summed E-state index contributed by atoms with van der Waals surface area (Å²) in [5.74, 6) is 2.58. The van der Waals surface area contributed by atoms with Crippen molar-refractivity contribution < 1.29 is 19.1 Å². The largest absolute Gasteiger partial charge is 0.497 e. The number of ether oxygens (including phenoxy) is 2. The third kappa shape index (κ3) is 8.19. The molecule has 2 amide bonds. The lowest BCUT2D eigenvalue weighted by molar-refractivity contribution is -0.120. The van der Waals surface area contributed by atoms with E-state index in [1.54, 1.807) is 18.9 Å². The first-order chi connectivity index (χ1) is 19.5. The van der Waals surface area contributed by atoms with Crippen LogP contribution < -0.4 is 20.1 Å². The van der Waals surface area contributed by atoms with E-state index in [4.69, 9.17) is 9.47 Å². The van der Waals surface area contributed by atoms with Gasteiger partial charge in [0.25, 0.3) is 0 Å². The summed E-state index contributed by atoms with van der Waals surface area (Å²) in [6.45, 7) is 4.67. The van der Waals surface area contributed by atoms with E-state index in [1.807, 2.05) is 66.9 Å². The molecule has 0 aliphatic rings. The van der Waals surface area contributed by atoms with Crippen LogP contribution in [0.2, 0.25) is 0 Å². The molecule has 0 unspecified atom stereocenters. The average molecular weight is 600 g/mol. The van der Waals surface area contributed by atoms with Crippen LogP contribution in [0.1, 0.15) is 25.2 Å². The topological polar surface area (TPSA) is 133 Å². The Kier molecular flexibility index (Phi) is 10.8. The fourth-order valence-electron chi connectivity index (χ4n) is 3.52. The van der Waals surface area contributed by atoms with Crippen molar-refractivity contribution in [2.75, 3.05) is 30.5 Å². The quantitative estimate of drug-likeness (QED) is 0.160. The lowest BCUT2D eigenvalue weighted by atomic mass is 10.1. The summed E-state index contributed by atoms with van der Waals surface area (Å²) in [6.07, 6.45) is 0.215. The van der Waals surface area contributed by atoms with E-state index >= 15 is 0 Å². The van der Waals surface area contributed by atoms with Gasteiger partial charge in [-0.1, -0.05) is 53.9 Å². The van der Waals surface area contributed by atoms with Gasteiger partial charge in [-0.3, -0.25) is 19.5 Å². The molecule has 0 saturated heterocycles. The Hall–Kier alpha value is -3.62. The number of benzene rings is 2. The zero-order valence-electron chi connectivity index (χ0n) is 22.2. The predicted molar refractivity (Wildman–Crippen MR) is 157 cm³/mol. The fraction of sp³-hybridized carbons (Fsp3) is 0.308. The maximum atomic E-state index is 12.7. The molecular weight excluding hydrogens is 571 g/mol. The van der Waals surface area contributed by atoms with Gasteiger partial charge in [-0.25, -0.2) is 0 Å². The van der Waals surface area contributed by atoms with Crippen LogP contribution in [0.15, 0.2) is 58.0 Å². The Labute approximate surface area is 244 Å². The second-order valence-corrected chi connectivity index (χ2v) is 11.5. The van der Waals surface area contributed by atoms with Gasteiger partial charge in [0.05, 0.1) is 32.4 Å². The van der Waals surface area contributed by atoms with Crippen LogP contribution in [0.3, 0.4) is 0 Å². The number of hydrogen-bond donors (Lipinski definition) is 2. The van der Waals surface area contributed by atoms with Gasteiger partial charge in [-0.2, -0.15) is 0 Å². The van der Waals surface area contributed by atoms with Crippen molar-refractivity contribution in [3.63, 3.8) is 0 Å². The molecule has 210 valence electrons. The molecule has 0 radical (unpaired) electrons. The second kappa shape index (κ2) is 14.7. The summed E-state index contributed by atoms with van der Waals surface area (Å²) in [5, 5.41) is 23.4. The zero-order chi connectivity index (χ0) is 28.3. The lowest BCUT2D eigenvalue weighted by Gasteiger charge is -2.12. The summed E-state index contributed by atoms with van der Waals surface area (Å²) in [6, 6.07) is 14.8. The highest BCUT2D eigenvalue weighted by Gasteiger charge is 2.18. The number of carbonyl (C=O) groups is 2. The molecular formula is C26H29N7O4S3. The van der Waals surface area contributed by atoms with E-state index in [9.17, 15) is 9.59 Å². The van der Waals surface area contributed by atoms with Crippen LogP contribution in [-0.4, -0.2) is 62.0 Å². The molecule has 40 heavy (non-hydrogen) atoms. The maximum absolute atomic E-state index is 12.7. The summed E-state index contributed by atoms with van der Waals surface area (Å²) in [4.78, 5) is 25.3. The van der Waals surface area contributed by atoms with Crippen molar-refractivity contribution >= 4 is 51.8 Å². The summed E-state index contributed by atoms with van der Waals surface area (Å²) < 4.78 is 13.4. The van der Waals surface area contributed by atoms with Gasteiger partial charge >= 0.3 is 0 Å². The molecule has 0 aliphatic carbocycles. The Bertz CT molecular complexity index is 1410. The summed E-state index contributed by atoms with van der Waals surface area (Å²) in [7, 11) is 1.60. The summed E-state index contributed by atoms with van der Waals surface area (Å²) >= 11 is 4.14. The number of hydrogen-bond acceptors (Lipinski definition) is 11. The molecule has 0 spiro atoms. The third-order valence-electron chi connectivity index (χ3n) is 5.33. The Morgan fingerprint density at radius 1 is 0.925 bits per heavy atom. The van der Waals surface area contributed by atoms with Gasteiger partial charge in [0.1, 0.15) is 11.5 Å². The van der Waals surface area contributed by atoms with Crippen molar-refractivity contribution in [1.29, 1.82) is 0 Å². The second-order valence-electron chi connectivity index (χ2n) is 8.11. The molecule has 0 fully saturated rings. The minimum atomic E-state index is -0.232. The van der Waals surface area contributed by atoms with E-state index in [1.165, 1.54) is 23.1 Å². The fourth-order valence-corrected chi connectivity index (χ4v) is 5.96. The SMILES string of the molecule is CCOc1ccc(-n2c(CNC(=O)Cc3ccc(OC)cc3)nnc2SCC(=O)Nc2nnc(SCC)s2)cc1. The number of rotatable bonds is 14. The molecule has 0 saturated carbocycles. The van der Waals surface area contributed by atoms with Crippen molar-refractivity contribution in [2.45, 2.75) is 36.3 Å². The minimum absolute atomic E-state index is 0.0921. The Morgan fingerprint density at radius 3 is 2.38 bits per heavy atom. The number of amides is 2. The van der Waals surface area contributed by atoms with Crippen LogP contribution in [0, 0.1) is 0 Å². The molecule has 11 nitrogen and oxygen atoms in total. The van der Waals surface area contributed by atoms with E-state index in [0.717, 1.165) is 32.8 Å². The molecule has 2 aromatic carbocycles. The van der Waals surface area contributed by atoms with Crippen molar-refractivity contribution in [2.24, 2.45) is 0 Å². The van der Waals surface area contributed by atoms with Crippen molar-refractivity contribution in [3.8, 4) is 17.2 Å². The molecule has 2 heterocycles. The standard InChI is InChI=1S/C26H29N7O4S3/c1-4-37-20-12-8-18(9-13-20)33-21(15-27-22(34)14-17-6-10-19(36-3)11-7-17)29-31-25(33)39-16-23(35)28-24-30-32-26(40-24)38-5-2/h6-13H,4-5,14-16H2,1-3H3,(H,27,34)(H,28,30,35). The van der Waals surface area contributed by atoms with Gasteiger partial charge in [0, 0.05) is 5.69 Å². The van der Waals surface area contributed by atoms with E-state index in [0.29, 0.717) is 22.7 Å². The number of thioether (sulfide) groups is 2. The van der Waals surface area contributed by atoms with Crippen LogP contribution in [0.4, 0.5) is 5.13 Å². The van der Waals surface area contributed by atoms with Crippen LogP contribution in [-0.2, 0) is 22.6 Å². The van der Waals surface area contributed by atoms with Gasteiger partial charge in [-0.05, 0) is 54.6 Å². The van der Waals surface area contributed by atoms with Crippen LogP contribution >= 0.6 is 34.9 Å².